The van der Waals surface area contributed by atoms with E-state index in [0.29, 0.717) is 22.2 Å². The smallest absolute Gasteiger partial charge is 0.340 e. The van der Waals surface area contributed by atoms with E-state index in [1.54, 1.807) is 18.2 Å². The first-order chi connectivity index (χ1) is 10.1. The van der Waals surface area contributed by atoms with Crippen LogP contribution in [0.5, 0.6) is 11.5 Å². The van der Waals surface area contributed by atoms with Gasteiger partial charge in [-0.3, -0.25) is 0 Å². The molecule has 108 valence electrons. The van der Waals surface area contributed by atoms with Gasteiger partial charge in [0.2, 0.25) is 6.79 Å². The highest BCUT2D eigenvalue weighted by molar-refractivity contribution is 9.10. The van der Waals surface area contributed by atoms with Crippen molar-refractivity contribution in [2.45, 2.75) is 6.61 Å². The monoisotopic (exact) mass is 369 g/mol. The summed E-state index contributed by atoms with van der Waals surface area (Å²) in [7, 11) is 0. The summed E-state index contributed by atoms with van der Waals surface area (Å²) in [4.78, 5) is 15.7. The van der Waals surface area contributed by atoms with Gasteiger partial charge in [-0.1, -0.05) is 27.5 Å². The van der Waals surface area contributed by atoms with E-state index < -0.39 is 5.97 Å². The molecule has 0 radical (unpaired) electrons. The number of hydrogen-bond donors (Lipinski definition) is 0. The standard InChI is InChI=1S/C14H9BrClNO4/c15-10-4-12-11(20-7-21-12)3-9(10)6-19-14(18)8-1-2-13(16)17-5-8/h1-5H,6-7H2. The van der Waals surface area contributed by atoms with Gasteiger partial charge in [-0.25, -0.2) is 9.78 Å². The number of esters is 1. The second-order valence-electron chi connectivity index (χ2n) is 4.24. The second-order valence-corrected chi connectivity index (χ2v) is 5.48. The normalized spacial score (nSPS) is 12.3. The number of aromatic nitrogens is 1. The number of rotatable bonds is 3. The number of benzene rings is 1. The van der Waals surface area contributed by atoms with Gasteiger partial charge in [-0.15, -0.1) is 0 Å². The van der Waals surface area contributed by atoms with Gasteiger partial charge >= 0.3 is 5.97 Å². The van der Waals surface area contributed by atoms with Crippen LogP contribution in [0.3, 0.4) is 0 Å². The van der Waals surface area contributed by atoms with Gasteiger partial charge in [0.05, 0.1) is 5.56 Å². The fourth-order valence-corrected chi connectivity index (χ4v) is 2.34. The molecule has 2 aromatic rings. The predicted octanol–water partition coefficient (Wildman–Crippen LogP) is 3.58. The van der Waals surface area contributed by atoms with E-state index in [-0.39, 0.29) is 13.4 Å². The van der Waals surface area contributed by atoms with Crippen LogP contribution in [0.4, 0.5) is 0 Å². The number of fused-ring (bicyclic) bond motifs is 1. The molecule has 5 nitrogen and oxygen atoms in total. The first kappa shape index (κ1) is 14.2. The Morgan fingerprint density at radius 2 is 2.10 bits per heavy atom. The van der Waals surface area contributed by atoms with Gasteiger partial charge < -0.3 is 14.2 Å². The van der Waals surface area contributed by atoms with Crippen molar-refractivity contribution in [1.82, 2.24) is 4.98 Å². The second kappa shape index (κ2) is 5.91. The van der Waals surface area contributed by atoms with Gasteiger partial charge in [0, 0.05) is 16.2 Å². The quantitative estimate of drug-likeness (QED) is 0.610. The Hall–Kier alpha value is -1.79. The lowest BCUT2D eigenvalue weighted by Crippen LogP contribution is -2.06. The Bertz CT molecular complexity index is 690. The molecule has 2 heterocycles. The molecule has 0 bridgehead atoms. The molecule has 0 unspecified atom stereocenters. The number of ether oxygens (including phenoxy) is 3. The molecule has 0 saturated heterocycles. The maximum atomic E-state index is 11.9. The summed E-state index contributed by atoms with van der Waals surface area (Å²) in [6.45, 7) is 0.306. The third-order valence-electron chi connectivity index (χ3n) is 2.86. The van der Waals surface area contributed by atoms with Crippen molar-refractivity contribution in [3.8, 4) is 11.5 Å². The molecule has 0 N–H and O–H groups in total. The van der Waals surface area contributed by atoms with Crippen LogP contribution in [0.2, 0.25) is 5.15 Å². The van der Waals surface area contributed by atoms with Gasteiger partial charge in [0.25, 0.3) is 0 Å². The van der Waals surface area contributed by atoms with Crippen molar-refractivity contribution in [1.29, 1.82) is 0 Å². The average molecular weight is 371 g/mol. The lowest BCUT2D eigenvalue weighted by atomic mass is 10.2. The summed E-state index contributed by atoms with van der Waals surface area (Å²) in [5.41, 5.74) is 1.13. The minimum absolute atomic E-state index is 0.110. The zero-order valence-corrected chi connectivity index (χ0v) is 13.0. The zero-order chi connectivity index (χ0) is 14.8. The van der Waals surface area contributed by atoms with Crippen LogP contribution in [-0.4, -0.2) is 17.7 Å². The first-order valence-electron chi connectivity index (χ1n) is 6.00. The van der Waals surface area contributed by atoms with E-state index in [1.165, 1.54) is 12.3 Å². The molecular formula is C14H9BrClNO4. The Morgan fingerprint density at radius 3 is 2.81 bits per heavy atom. The minimum Gasteiger partial charge on any atom is -0.457 e. The lowest BCUT2D eigenvalue weighted by molar-refractivity contribution is 0.0471. The van der Waals surface area contributed by atoms with E-state index in [4.69, 9.17) is 25.8 Å². The van der Waals surface area contributed by atoms with Gasteiger partial charge in [0.15, 0.2) is 11.5 Å². The fourth-order valence-electron chi connectivity index (χ4n) is 1.79. The number of halogens is 2. The third-order valence-corrected chi connectivity index (χ3v) is 3.83. The average Bonchev–Trinajstić information content (AvgIpc) is 2.92. The minimum atomic E-state index is -0.469. The number of hydrogen-bond acceptors (Lipinski definition) is 5. The van der Waals surface area contributed by atoms with Crippen molar-refractivity contribution in [2.75, 3.05) is 6.79 Å². The van der Waals surface area contributed by atoms with Crippen molar-refractivity contribution in [3.05, 3.63) is 51.2 Å². The number of nitrogens with zero attached hydrogens (tertiary/aromatic N) is 1. The summed E-state index contributed by atoms with van der Waals surface area (Å²) in [5, 5.41) is 0.324. The maximum Gasteiger partial charge on any atom is 0.340 e. The SMILES string of the molecule is O=C(OCc1cc2c(cc1Br)OCO2)c1ccc(Cl)nc1. The van der Waals surface area contributed by atoms with E-state index in [9.17, 15) is 4.79 Å². The van der Waals surface area contributed by atoms with Crippen molar-refractivity contribution >= 4 is 33.5 Å². The van der Waals surface area contributed by atoms with E-state index in [1.807, 2.05) is 0 Å². The van der Waals surface area contributed by atoms with Crippen LogP contribution in [0.15, 0.2) is 34.9 Å². The van der Waals surface area contributed by atoms with E-state index in [0.717, 1.165) is 10.0 Å². The largest absolute Gasteiger partial charge is 0.457 e. The van der Waals surface area contributed by atoms with Crippen molar-refractivity contribution in [2.24, 2.45) is 0 Å². The van der Waals surface area contributed by atoms with Crippen LogP contribution < -0.4 is 9.47 Å². The van der Waals surface area contributed by atoms with Crippen LogP contribution in [-0.2, 0) is 11.3 Å². The van der Waals surface area contributed by atoms with Crippen LogP contribution in [0, 0.1) is 0 Å². The number of carbonyl (C=O) groups excluding carboxylic acids is 1. The van der Waals surface area contributed by atoms with Crippen LogP contribution in [0.1, 0.15) is 15.9 Å². The molecule has 1 aliphatic rings. The molecule has 3 rings (SSSR count). The first-order valence-corrected chi connectivity index (χ1v) is 7.17. The molecule has 0 amide bonds. The molecular weight excluding hydrogens is 362 g/mol. The maximum absolute atomic E-state index is 11.9. The highest BCUT2D eigenvalue weighted by Crippen LogP contribution is 2.37. The fraction of sp³-hybridized carbons (Fsp3) is 0.143. The summed E-state index contributed by atoms with van der Waals surface area (Å²) in [6, 6.07) is 6.66. The van der Waals surface area contributed by atoms with Gasteiger partial charge in [0.1, 0.15) is 11.8 Å². The topological polar surface area (TPSA) is 57.7 Å². The summed E-state index contributed by atoms with van der Waals surface area (Å²) < 4.78 is 16.6. The Labute approximate surface area is 133 Å². The van der Waals surface area contributed by atoms with Gasteiger partial charge in [-0.2, -0.15) is 0 Å². The molecule has 0 atom stereocenters. The predicted molar refractivity (Wildman–Crippen MR) is 78.6 cm³/mol. The highest BCUT2D eigenvalue weighted by atomic mass is 79.9. The molecule has 0 saturated carbocycles. The number of carbonyl (C=O) groups is 1. The Morgan fingerprint density at radius 1 is 1.33 bits per heavy atom. The summed E-state index contributed by atoms with van der Waals surface area (Å²) in [5.74, 6) is 0.833. The van der Waals surface area contributed by atoms with Crippen molar-refractivity contribution in [3.63, 3.8) is 0 Å². The van der Waals surface area contributed by atoms with Crippen molar-refractivity contribution < 1.29 is 19.0 Å². The summed E-state index contributed by atoms with van der Waals surface area (Å²) in [6.07, 6.45) is 1.37. The van der Waals surface area contributed by atoms with Gasteiger partial charge in [-0.05, 0) is 24.3 Å². The molecule has 21 heavy (non-hydrogen) atoms. The van der Waals surface area contributed by atoms with E-state index in [2.05, 4.69) is 20.9 Å². The lowest BCUT2D eigenvalue weighted by Gasteiger charge is -2.08. The molecule has 1 aliphatic heterocycles. The highest BCUT2D eigenvalue weighted by Gasteiger charge is 2.17. The Kier molecular flexibility index (Phi) is 3.98. The number of pyridine rings is 1. The Balaban J connectivity index is 1.70. The molecule has 1 aromatic heterocycles. The van der Waals surface area contributed by atoms with Crippen LogP contribution in [0.25, 0.3) is 0 Å². The third kappa shape index (κ3) is 3.11. The molecule has 7 heteroatoms. The van der Waals surface area contributed by atoms with E-state index >= 15 is 0 Å². The molecule has 1 aromatic carbocycles. The molecule has 0 fully saturated rings. The van der Waals surface area contributed by atoms with Crippen LogP contribution >= 0.6 is 27.5 Å². The summed E-state index contributed by atoms with van der Waals surface area (Å²) >= 11 is 9.08. The zero-order valence-electron chi connectivity index (χ0n) is 10.6. The molecule has 0 aliphatic carbocycles. The molecule has 0 spiro atoms.